The summed E-state index contributed by atoms with van der Waals surface area (Å²) < 4.78 is 1.69. The second kappa shape index (κ2) is 7.85. The van der Waals surface area contributed by atoms with E-state index in [0.717, 1.165) is 5.69 Å². The van der Waals surface area contributed by atoms with E-state index in [4.69, 9.17) is 5.11 Å². The third-order valence-electron chi connectivity index (χ3n) is 2.55. The number of aliphatic hydroxyl groups is 1. The quantitative estimate of drug-likeness (QED) is 0.600. The Bertz CT molecular complexity index is 391. The smallest absolute Gasteiger partial charge is 0.237 e. The predicted octanol–water partition coefficient (Wildman–Crippen LogP) is -0.337. The Morgan fingerprint density at radius 1 is 1.47 bits per heavy atom. The van der Waals surface area contributed by atoms with Gasteiger partial charge in [0.2, 0.25) is 5.91 Å². The highest BCUT2D eigenvalue weighted by Crippen LogP contribution is 1.96. The van der Waals surface area contributed by atoms with Crippen LogP contribution in [-0.4, -0.2) is 44.7 Å². The number of carbonyl (C=O) groups excluding carboxylic acids is 1. The molecule has 19 heavy (non-hydrogen) atoms. The van der Waals surface area contributed by atoms with Crippen molar-refractivity contribution in [3.8, 4) is 0 Å². The molecule has 0 bridgehead atoms. The van der Waals surface area contributed by atoms with Crippen molar-refractivity contribution < 1.29 is 9.90 Å². The maximum Gasteiger partial charge on any atom is 0.237 e. The van der Waals surface area contributed by atoms with E-state index in [1.807, 2.05) is 27.0 Å². The van der Waals surface area contributed by atoms with Gasteiger partial charge in [-0.25, -0.2) is 0 Å². The van der Waals surface area contributed by atoms with Crippen LogP contribution in [0.2, 0.25) is 0 Å². The second-order valence-corrected chi connectivity index (χ2v) is 4.82. The Morgan fingerprint density at radius 2 is 2.21 bits per heavy atom. The average Bonchev–Trinajstić information content (AvgIpc) is 2.80. The number of aryl methyl sites for hydroxylation is 1. The van der Waals surface area contributed by atoms with Crippen molar-refractivity contribution in [2.24, 2.45) is 0 Å². The Labute approximate surface area is 113 Å². The van der Waals surface area contributed by atoms with E-state index in [1.54, 1.807) is 4.68 Å². The van der Waals surface area contributed by atoms with Gasteiger partial charge in [-0.2, -0.15) is 0 Å². The molecule has 1 atom stereocenters. The molecule has 0 aliphatic rings. The van der Waals surface area contributed by atoms with Crippen LogP contribution in [0, 0.1) is 0 Å². The normalized spacial score (nSPS) is 12.7. The van der Waals surface area contributed by atoms with Gasteiger partial charge < -0.3 is 15.7 Å². The standard InChI is InChI=1S/C12H23N5O2/c1-9(2)14-12(19)10(3)13-7-11-8-17(16-15-11)5-4-6-18/h8-10,13,18H,4-7H2,1-3H3,(H,14,19). The predicted molar refractivity (Wildman–Crippen MR) is 71.3 cm³/mol. The first-order valence-corrected chi connectivity index (χ1v) is 6.56. The van der Waals surface area contributed by atoms with Gasteiger partial charge in [-0.15, -0.1) is 5.10 Å². The molecule has 0 saturated carbocycles. The Kier molecular flexibility index (Phi) is 6.44. The van der Waals surface area contributed by atoms with E-state index in [-0.39, 0.29) is 24.6 Å². The lowest BCUT2D eigenvalue weighted by Crippen LogP contribution is -2.44. The molecule has 0 radical (unpaired) electrons. The molecule has 108 valence electrons. The third kappa shape index (κ3) is 5.80. The molecule has 3 N–H and O–H groups in total. The summed E-state index contributed by atoms with van der Waals surface area (Å²) in [5.41, 5.74) is 0.780. The Hall–Kier alpha value is -1.47. The van der Waals surface area contributed by atoms with E-state index in [1.165, 1.54) is 0 Å². The van der Waals surface area contributed by atoms with Crippen molar-refractivity contribution in [1.29, 1.82) is 0 Å². The van der Waals surface area contributed by atoms with Gasteiger partial charge in [0.25, 0.3) is 0 Å². The fraction of sp³-hybridized carbons (Fsp3) is 0.750. The molecule has 1 unspecified atom stereocenters. The highest BCUT2D eigenvalue weighted by atomic mass is 16.3. The van der Waals surface area contributed by atoms with Crippen LogP contribution >= 0.6 is 0 Å². The Balaban J connectivity index is 2.35. The topological polar surface area (TPSA) is 92.1 Å². The van der Waals surface area contributed by atoms with Crippen molar-refractivity contribution in [2.45, 2.75) is 52.4 Å². The van der Waals surface area contributed by atoms with Gasteiger partial charge in [-0.1, -0.05) is 5.21 Å². The molecule has 1 aromatic rings. The summed E-state index contributed by atoms with van der Waals surface area (Å²) in [6.07, 6.45) is 2.47. The highest BCUT2D eigenvalue weighted by Gasteiger charge is 2.13. The van der Waals surface area contributed by atoms with Crippen LogP contribution in [0.4, 0.5) is 0 Å². The molecule has 1 heterocycles. The summed E-state index contributed by atoms with van der Waals surface area (Å²) in [4.78, 5) is 11.7. The second-order valence-electron chi connectivity index (χ2n) is 4.82. The zero-order valence-electron chi connectivity index (χ0n) is 11.8. The fourth-order valence-corrected chi connectivity index (χ4v) is 1.52. The minimum absolute atomic E-state index is 0.0253. The van der Waals surface area contributed by atoms with Crippen molar-refractivity contribution >= 4 is 5.91 Å². The molecular weight excluding hydrogens is 246 g/mol. The molecule has 1 amide bonds. The number of hydrogen-bond donors (Lipinski definition) is 3. The molecule has 0 aliphatic carbocycles. The fourth-order valence-electron chi connectivity index (χ4n) is 1.52. The molecule has 7 nitrogen and oxygen atoms in total. The SMILES string of the molecule is CC(C)NC(=O)C(C)NCc1cn(CCCO)nn1. The van der Waals surface area contributed by atoms with Crippen molar-refractivity contribution in [3.05, 3.63) is 11.9 Å². The minimum atomic E-state index is -0.273. The average molecular weight is 269 g/mol. The summed E-state index contributed by atoms with van der Waals surface area (Å²) in [6, 6.07) is -0.138. The van der Waals surface area contributed by atoms with E-state index in [0.29, 0.717) is 19.5 Å². The summed E-state index contributed by atoms with van der Waals surface area (Å²) in [5, 5.41) is 22.6. The molecule has 0 aliphatic heterocycles. The lowest BCUT2D eigenvalue weighted by Gasteiger charge is -2.15. The number of nitrogens with one attached hydrogen (secondary N) is 2. The van der Waals surface area contributed by atoms with E-state index in [2.05, 4.69) is 20.9 Å². The van der Waals surface area contributed by atoms with Crippen molar-refractivity contribution in [1.82, 2.24) is 25.6 Å². The summed E-state index contributed by atoms with van der Waals surface area (Å²) >= 11 is 0. The largest absolute Gasteiger partial charge is 0.396 e. The number of amides is 1. The third-order valence-corrected chi connectivity index (χ3v) is 2.55. The van der Waals surface area contributed by atoms with Gasteiger partial charge in [0, 0.05) is 31.9 Å². The van der Waals surface area contributed by atoms with Gasteiger partial charge in [-0.05, 0) is 27.2 Å². The van der Waals surface area contributed by atoms with Gasteiger partial charge >= 0.3 is 0 Å². The summed E-state index contributed by atoms with van der Waals surface area (Å²) in [6.45, 7) is 6.95. The van der Waals surface area contributed by atoms with Crippen molar-refractivity contribution in [2.75, 3.05) is 6.61 Å². The molecule has 7 heteroatoms. The zero-order chi connectivity index (χ0) is 14.3. The molecule has 0 saturated heterocycles. The van der Waals surface area contributed by atoms with E-state index in [9.17, 15) is 4.79 Å². The highest BCUT2D eigenvalue weighted by molar-refractivity contribution is 5.81. The first kappa shape index (κ1) is 15.6. The zero-order valence-corrected chi connectivity index (χ0v) is 11.8. The number of aromatic nitrogens is 3. The van der Waals surface area contributed by atoms with Crippen LogP contribution in [0.15, 0.2) is 6.20 Å². The summed E-state index contributed by atoms with van der Waals surface area (Å²) in [7, 11) is 0. The van der Waals surface area contributed by atoms with Gasteiger partial charge in [0.05, 0.1) is 11.7 Å². The van der Waals surface area contributed by atoms with Gasteiger partial charge in [-0.3, -0.25) is 9.48 Å². The first-order valence-electron chi connectivity index (χ1n) is 6.56. The van der Waals surface area contributed by atoms with Crippen LogP contribution in [0.25, 0.3) is 0 Å². The van der Waals surface area contributed by atoms with Crippen LogP contribution in [0.5, 0.6) is 0 Å². The summed E-state index contributed by atoms with van der Waals surface area (Å²) in [5.74, 6) is -0.0253. The van der Waals surface area contributed by atoms with Gasteiger partial charge in [0.15, 0.2) is 0 Å². The first-order chi connectivity index (χ1) is 9.02. The van der Waals surface area contributed by atoms with E-state index >= 15 is 0 Å². The van der Waals surface area contributed by atoms with Gasteiger partial charge in [0.1, 0.15) is 0 Å². The van der Waals surface area contributed by atoms with E-state index < -0.39 is 0 Å². The maximum atomic E-state index is 11.7. The van der Waals surface area contributed by atoms with Crippen LogP contribution in [-0.2, 0) is 17.9 Å². The number of carbonyl (C=O) groups is 1. The van der Waals surface area contributed by atoms with Crippen LogP contribution < -0.4 is 10.6 Å². The number of nitrogens with zero attached hydrogens (tertiary/aromatic N) is 3. The van der Waals surface area contributed by atoms with Crippen LogP contribution in [0.1, 0.15) is 32.9 Å². The molecule has 1 aromatic heterocycles. The molecule has 0 aromatic carbocycles. The Morgan fingerprint density at radius 3 is 2.84 bits per heavy atom. The molecule has 1 rings (SSSR count). The molecular formula is C12H23N5O2. The lowest BCUT2D eigenvalue weighted by atomic mass is 10.2. The maximum absolute atomic E-state index is 11.7. The molecule has 0 spiro atoms. The van der Waals surface area contributed by atoms with Crippen molar-refractivity contribution in [3.63, 3.8) is 0 Å². The number of rotatable bonds is 8. The molecule has 0 fully saturated rings. The minimum Gasteiger partial charge on any atom is -0.396 e. The monoisotopic (exact) mass is 269 g/mol. The number of aliphatic hydroxyl groups excluding tert-OH is 1. The number of hydrogen-bond acceptors (Lipinski definition) is 5. The van der Waals surface area contributed by atoms with Crippen LogP contribution in [0.3, 0.4) is 0 Å². The lowest BCUT2D eigenvalue weighted by molar-refractivity contribution is -0.123.